The monoisotopic (exact) mass is 405 g/mol. The summed E-state index contributed by atoms with van der Waals surface area (Å²) >= 11 is 0. The number of hydrogen-bond acceptors (Lipinski definition) is 5. The van der Waals surface area contributed by atoms with Gasteiger partial charge in [0.2, 0.25) is 5.91 Å². The maximum atomic E-state index is 12.3. The van der Waals surface area contributed by atoms with Gasteiger partial charge in [0.25, 0.3) is 0 Å². The highest BCUT2D eigenvalue weighted by atomic mass is 16.5. The summed E-state index contributed by atoms with van der Waals surface area (Å²) in [6, 6.07) is 10.6. The van der Waals surface area contributed by atoms with Crippen LogP contribution in [0.4, 0.5) is 0 Å². The van der Waals surface area contributed by atoms with Crippen LogP contribution in [0, 0.1) is 12.8 Å². The Kier molecular flexibility index (Phi) is 4.70. The number of ether oxygens (including phenoxy) is 1. The molecule has 2 aliphatic rings. The zero-order chi connectivity index (χ0) is 20.8. The Balaban J connectivity index is 1.49. The number of hydrogen-bond donors (Lipinski definition) is 2. The topological polar surface area (TPSA) is 81.1 Å². The highest BCUT2D eigenvalue weighted by Gasteiger charge is 2.44. The van der Waals surface area contributed by atoms with Gasteiger partial charge < -0.3 is 19.9 Å². The maximum Gasteiger partial charge on any atom is 0.237 e. The summed E-state index contributed by atoms with van der Waals surface area (Å²) in [7, 11) is 1.68. The Hall–Kier alpha value is -2.93. The number of carbonyl (C=O) groups is 1. The average Bonchev–Trinajstić information content (AvgIpc) is 3.29. The summed E-state index contributed by atoms with van der Waals surface area (Å²) in [6.07, 6.45) is 2.94. The summed E-state index contributed by atoms with van der Waals surface area (Å²) in [4.78, 5) is 21.6. The molecular formula is C23H27N5O2. The van der Waals surface area contributed by atoms with Crippen LogP contribution in [0.15, 0.2) is 36.5 Å². The van der Waals surface area contributed by atoms with Gasteiger partial charge in [-0.05, 0) is 55.5 Å². The van der Waals surface area contributed by atoms with Crippen molar-refractivity contribution in [3.63, 3.8) is 0 Å². The Morgan fingerprint density at radius 1 is 1.27 bits per heavy atom. The van der Waals surface area contributed by atoms with Crippen molar-refractivity contribution in [1.82, 2.24) is 25.2 Å². The fourth-order valence-corrected chi connectivity index (χ4v) is 5.00. The van der Waals surface area contributed by atoms with E-state index < -0.39 is 0 Å². The van der Waals surface area contributed by atoms with Crippen LogP contribution >= 0.6 is 0 Å². The van der Waals surface area contributed by atoms with Crippen LogP contribution in [0.3, 0.4) is 0 Å². The Bertz CT molecular complexity index is 1090. The number of fused-ring (bicyclic) bond motifs is 2. The van der Waals surface area contributed by atoms with Crippen LogP contribution in [0.2, 0.25) is 0 Å². The van der Waals surface area contributed by atoms with Gasteiger partial charge in [0.1, 0.15) is 11.6 Å². The second-order valence-electron chi connectivity index (χ2n) is 8.50. The van der Waals surface area contributed by atoms with Gasteiger partial charge >= 0.3 is 0 Å². The fraction of sp³-hybridized carbons (Fsp3) is 0.435. The van der Waals surface area contributed by atoms with Crippen molar-refractivity contribution in [3.8, 4) is 5.75 Å². The van der Waals surface area contributed by atoms with Gasteiger partial charge in [-0.25, -0.2) is 9.97 Å². The molecule has 2 fully saturated rings. The number of rotatable bonds is 4. The molecule has 2 aromatic heterocycles. The van der Waals surface area contributed by atoms with E-state index in [0.717, 1.165) is 35.7 Å². The maximum absolute atomic E-state index is 12.3. The Morgan fingerprint density at radius 2 is 2.07 bits per heavy atom. The summed E-state index contributed by atoms with van der Waals surface area (Å²) in [5.41, 5.74) is 4.15. The third-order valence-corrected chi connectivity index (χ3v) is 6.56. The lowest BCUT2D eigenvalue weighted by atomic mass is 9.78. The summed E-state index contributed by atoms with van der Waals surface area (Å²) < 4.78 is 7.48. The summed E-state index contributed by atoms with van der Waals surface area (Å²) in [6.45, 7) is 5.55. The van der Waals surface area contributed by atoms with E-state index in [4.69, 9.17) is 4.74 Å². The van der Waals surface area contributed by atoms with Crippen molar-refractivity contribution < 1.29 is 9.53 Å². The molecule has 2 aliphatic heterocycles. The number of pyridine rings is 1. The predicted octanol–water partition coefficient (Wildman–Crippen LogP) is 2.38. The van der Waals surface area contributed by atoms with Crippen LogP contribution in [0.1, 0.15) is 36.2 Å². The van der Waals surface area contributed by atoms with Crippen molar-refractivity contribution in [2.24, 2.45) is 5.92 Å². The molecule has 0 radical (unpaired) electrons. The molecule has 7 heteroatoms. The number of imidazole rings is 1. The lowest BCUT2D eigenvalue weighted by molar-refractivity contribution is -0.125. The first-order valence-corrected chi connectivity index (χ1v) is 10.5. The minimum Gasteiger partial charge on any atom is -0.497 e. The van der Waals surface area contributed by atoms with Crippen molar-refractivity contribution in [2.75, 3.05) is 13.7 Å². The summed E-state index contributed by atoms with van der Waals surface area (Å²) in [5.74, 6) is 2.47. The molecule has 4 unspecified atom stereocenters. The van der Waals surface area contributed by atoms with Gasteiger partial charge in [0.05, 0.1) is 18.7 Å². The first-order valence-electron chi connectivity index (χ1n) is 10.5. The number of carbonyl (C=O) groups excluding carboxylic acids is 1. The second-order valence-corrected chi connectivity index (χ2v) is 8.50. The van der Waals surface area contributed by atoms with E-state index in [2.05, 4.69) is 50.3 Å². The molecule has 4 heterocycles. The molecule has 5 rings (SSSR count). The number of amides is 1. The number of aryl methyl sites for hydroxylation is 1. The van der Waals surface area contributed by atoms with Crippen LogP contribution in [-0.4, -0.2) is 46.2 Å². The van der Waals surface area contributed by atoms with Gasteiger partial charge in [-0.2, -0.15) is 0 Å². The zero-order valence-corrected chi connectivity index (χ0v) is 17.6. The lowest BCUT2D eigenvalue weighted by Crippen LogP contribution is -2.52. The van der Waals surface area contributed by atoms with E-state index >= 15 is 0 Å². The highest BCUT2D eigenvalue weighted by Crippen LogP contribution is 2.37. The molecule has 0 aliphatic carbocycles. The van der Waals surface area contributed by atoms with Crippen molar-refractivity contribution >= 4 is 17.1 Å². The molecular weight excluding hydrogens is 378 g/mol. The van der Waals surface area contributed by atoms with E-state index in [1.165, 1.54) is 11.1 Å². The quantitative estimate of drug-likeness (QED) is 0.697. The normalized spacial score (nSPS) is 25.9. The van der Waals surface area contributed by atoms with E-state index in [9.17, 15) is 4.79 Å². The molecule has 156 valence electrons. The van der Waals surface area contributed by atoms with Gasteiger partial charge in [-0.15, -0.1) is 0 Å². The lowest BCUT2D eigenvalue weighted by Gasteiger charge is -2.33. The highest BCUT2D eigenvalue weighted by molar-refractivity contribution is 5.84. The van der Waals surface area contributed by atoms with Gasteiger partial charge in [0.15, 0.2) is 5.65 Å². The third kappa shape index (κ3) is 3.23. The van der Waals surface area contributed by atoms with E-state index in [-0.39, 0.29) is 17.9 Å². The van der Waals surface area contributed by atoms with Gasteiger partial charge in [-0.3, -0.25) is 4.79 Å². The predicted molar refractivity (Wildman–Crippen MR) is 115 cm³/mol. The Morgan fingerprint density at radius 3 is 2.83 bits per heavy atom. The number of nitrogens with zero attached hydrogens (tertiary/aromatic N) is 3. The van der Waals surface area contributed by atoms with Crippen LogP contribution in [0.25, 0.3) is 11.2 Å². The number of nitrogens with one attached hydrogen (secondary N) is 2. The molecule has 4 atom stereocenters. The number of piperidine rings is 1. The molecule has 30 heavy (non-hydrogen) atoms. The van der Waals surface area contributed by atoms with Gasteiger partial charge in [0, 0.05) is 31.2 Å². The molecule has 7 nitrogen and oxygen atoms in total. The smallest absolute Gasteiger partial charge is 0.237 e. The second kappa shape index (κ2) is 7.40. The molecule has 2 saturated heterocycles. The largest absolute Gasteiger partial charge is 0.497 e. The number of aromatic nitrogens is 3. The Labute approximate surface area is 175 Å². The minimum atomic E-state index is -0.111. The van der Waals surface area contributed by atoms with Crippen molar-refractivity contribution in [3.05, 3.63) is 53.5 Å². The zero-order valence-electron chi connectivity index (χ0n) is 17.6. The van der Waals surface area contributed by atoms with Gasteiger partial charge in [-0.1, -0.05) is 12.1 Å². The molecule has 1 aromatic carbocycles. The molecule has 0 saturated carbocycles. The fourth-order valence-electron chi connectivity index (χ4n) is 5.00. The molecule has 0 bridgehead atoms. The molecule has 1 amide bonds. The molecule has 2 N–H and O–H groups in total. The number of methoxy groups -OCH3 is 1. The van der Waals surface area contributed by atoms with E-state index in [1.54, 1.807) is 7.11 Å². The molecule has 0 spiro atoms. The third-order valence-electron chi connectivity index (χ3n) is 6.56. The molecule has 3 aromatic rings. The minimum absolute atomic E-state index is 0.111. The van der Waals surface area contributed by atoms with Crippen LogP contribution < -0.4 is 15.4 Å². The SMILES string of the molecule is COc1ccc(Cn2c(C)nc3ncc(C4CNC(=O)C5NC(C)CC54)cc32)cc1. The first kappa shape index (κ1) is 19.1. The van der Waals surface area contributed by atoms with E-state index in [0.29, 0.717) is 18.5 Å². The van der Waals surface area contributed by atoms with Crippen molar-refractivity contribution in [2.45, 2.75) is 44.8 Å². The first-order chi connectivity index (χ1) is 14.5. The number of benzene rings is 1. The average molecular weight is 406 g/mol. The standard InChI is InChI=1S/C23H27N5O2/c1-13-8-18-19(11-25-23(29)21(18)26-13)16-9-20-22(24-10-16)27-14(2)28(20)12-15-4-6-17(30-3)7-5-15/h4-7,9-10,13,18-19,21,26H,8,11-12H2,1-3H3,(H,25,29). The summed E-state index contributed by atoms with van der Waals surface area (Å²) in [5, 5.41) is 6.52. The van der Waals surface area contributed by atoms with Crippen LogP contribution in [0.5, 0.6) is 5.75 Å². The van der Waals surface area contributed by atoms with E-state index in [1.807, 2.05) is 25.3 Å². The van der Waals surface area contributed by atoms with Crippen LogP contribution in [-0.2, 0) is 11.3 Å². The van der Waals surface area contributed by atoms with Crippen molar-refractivity contribution in [1.29, 1.82) is 0 Å².